The van der Waals surface area contributed by atoms with Crippen molar-refractivity contribution in [3.05, 3.63) is 83.9 Å². The van der Waals surface area contributed by atoms with Crippen LogP contribution in [0.15, 0.2) is 72.8 Å². The fourth-order valence-corrected chi connectivity index (χ4v) is 4.72. The van der Waals surface area contributed by atoms with E-state index in [1.807, 2.05) is 42.5 Å². The summed E-state index contributed by atoms with van der Waals surface area (Å²) in [5.41, 5.74) is 3.81. The summed E-state index contributed by atoms with van der Waals surface area (Å²) in [7, 11) is 0. The maximum absolute atomic E-state index is 12.9. The molecule has 0 aliphatic carbocycles. The second kappa shape index (κ2) is 18.3. The lowest BCUT2D eigenvalue weighted by Crippen LogP contribution is -2.10. The van der Waals surface area contributed by atoms with Gasteiger partial charge in [-0.3, -0.25) is 0 Å². The molecule has 4 heteroatoms. The first-order valence-corrected chi connectivity index (χ1v) is 15.4. The van der Waals surface area contributed by atoms with Gasteiger partial charge in [0, 0.05) is 6.61 Å². The summed E-state index contributed by atoms with van der Waals surface area (Å²) in [5, 5.41) is 0. The van der Waals surface area contributed by atoms with Gasteiger partial charge < -0.3 is 14.2 Å². The predicted molar refractivity (Wildman–Crippen MR) is 165 cm³/mol. The predicted octanol–water partition coefficient (Wildman–Crippen LogP) is 10.4. The zero-order chi connectivity index (χ0) is 28.4. The summed E-state index contributed by atoms with van der Waals surface area (Å²) in [6, 6.07) is 23.3. The van der Waals surface area contributed by atoms with E-state index in [0.29, 0.717) is 23.7 Å². The van der Waals surface area contributed by atoms with Gasteiger partial charge in [-0.2, -0.15) is 0 Å². The van der Waals surface area contributed by atoms with Gasteiger partial charge in [0.25, 0.3) is 0 Å². The molecule has 0 N–H and O–H groups in total. The monoisotopic (exact) mass is 544 g/mol. The molecule has 216 valence electrons. The van der Waals surface area contributed by atoms with Crippen LogP contribution in [0.25, 0.3) is 11.1 Å². The van der Waals surface area contributed by atoms with Crippen LogP contribution in [0.4, 0.5) is 0 Å². The van der Waals surface area contributed by atoms with Crippen LogP contribution in [0.3, 0.4) is 0 Å². The van der Waals surface area contributed by atoms with E-state index >= 15 is 0 Å². The van der Waals surface area contributed by atoms with E-state index in [1.165, 1.54) is 51.4 Å². The van der Waals surface area contributed by atoms with Crippen LogP contribution < -0.4 is 9.47 Å². The summed E-state index contributed by atoms with van der Waals surface area (Å²) in [6.45, 7) is 7.84. The first kappa shape index (κ1) is 31.4. The average molecular weight is 545 g/mol. The van der Waals surface area contributed by atoms with Gasteiger partial charge in [0.1, 0.15) is 0 Å². The summed E-state index contributed by atoms with van der Waals surface area (Å²) >= 11 is 0. The second-order valence-electron chi connectivity index (χ2n) is 10.6. The van der Waals surface area contributed by atoms with Crippen LogP contribution in [0.5, 0.6) is 11.5 Å². The zero-order valence-electron chi connectivity index (χ0n) is 24.8. The zero-order valence-corrected chi connectivity index (χ0v) is 24.8. The fraction of sp³-hybridized carbons (Fsp3) is 0.472. The van der Waals surface area contributed by atoms with E-state index in [2.05, 4.69) is 45.0 Å². The van der Waals surface area contributed by atoms with Gasteiger partial charge in [-0.1, -0.05) is 120 Å². The number of ether oxygens (including phenoxy) is 3. The molecule has 1 unspecified atom stereocenters. The first-order valence-electron chi connectivity index (χ1n) is 15.4. The van der Waals surface area contributed by atoms with Gasteiger partial charge in [-0.15, -0.1) is 0 Å². The van der Waals surface area contributed by atoms with E-state index in [4.69, 9.17) is 14.2 Å². The third-order valence-electron chi connectivity index (χ3n) is 7.21. The smallest absolute Gasteiger partial charge is 0.343 e. The molecular weight excluding hydrogens is 496 g/mol. The Balaban J connectivity index is 1.44. The molecule has 3 aromatic rings. The molecule has 0 saturated carbocycles. The number of benzene rings is 3. The number of carbonyl (C=O) groups excluding carboxylic acids is 1. The highest BCUT2D eigenvalue weighted by Gasteiger charge is 2.13. The molecule has 1 atom stereocenters. The fourth-order valence-electron chi connectivity index (χ4n) is 4.72. The van der Waals surface area contributed by atoms with E-state index < -0.39 is 5.97 Å². The first-order chi connectivity index (χ1) is 19.6. The molecule has 0 spiro atoms. The van der Waals surface area contributed by atoms with Gasteiger partial charge in [-0.05, 0) is 60.7 Å². The van der Waals surface area contributed by atoms with Gasteiger partial charge >= 0.3 is 5.97 Å². The highest BCUT2D eigenvalue weighted by molar-refractivity contribution is 5.92. The van der Waals surface area contributed by atoms with Gasteiger partial charge in [0.15, 0.2) is 11.5 Å². The topological polar surface area (TPSA) is 44.8 Å². The highest BCUT2D eigenvalue weighted by Crippen LogP contribution is 2.28. The number of hydrogen-bond acceptors (Lipinski definition) is 4. The van der Waals surface area contributed by atoms with Crippen molar-refractivity contribution in [1.29, 1.82) is 0 Å². The molecule has 0 radical (unpaired) electrons. The molecule has 0 fully saturated rings. The van der Waals surface area contributed by atoms with E-state index in [9.17, 15) is 4.79 Å². The molecule has 0 aromatic heterocycles. The van der Waals surface area contributed by atoms with Crippen LogP contribution in [0, 0.1) is 0 Å². The third kappa shape index (κ3) is 10.8. The van der Waals surface area contributed by atoms with E-state index in [1.54, 1.807) is 6.07 Å². The lowest BCUT2D eigenvalue weighted by molar-refractivity contribution is 0.0662. The van der Waals surface area contributed by atoms with Crippen LogP contribution in [-0.4, -0.2) is 19.2 Å². The minimum Gasteiger partial charge on any atom is -0.490 e. The van der Waals surface area contributed by atoms with Gasteiger partial charge in [-0.25, -0.2) is 4.79 Å². The van der Waals surface area contributed by atoms with Crippen molar-refractivity contribution in [3.8, 4) is 22.6 Å². The average Bonchev–Trinajstić information content (AvgIpc) is 2.99. The van der Waals surface area contributed by atoms with E-state index in [0.717, 1.165) is 42.6 Å². The molecule has 3 aromatic carbocycles. The third-order valence-corrected chi connectivity index (χ3v) is 7.21. The van der Waals surface area contributed by atoms with Crippen molar-refractivity contribution in [2.45, 2.75) is 97.5 Å². The molecule has 0 amide bonds. The van der Waals surface area contributed by atoms with Crippen molar-refractivity contribution < 1.29 is 19.0 Å². The SMILES string of the molecule is CCCCCCCCCCCCOc1ccccc1OC(=O)c1ccc(-c2ccc(C(C)OCCC)cc2)cc1. The van der Waals surface area contributed by atoms with Crippen LogP contribution in [0.2, 0.25) is 0 Å². The lowest BCUT2D eigenvalue weighted by atomic mass is 10.0. The lowest BCUT2D eigenvalue weighted by Gasteiger charge is -2.13. The summed E-state index contributed by atoms with van der Waals surface area (Å²) in [4.78, 5) is 12.9. The van der Waals surface area contributed by atoms with Crippen LogP contribution >= 0.6 is 0 Å². The number of carbonyl (C=O) groups is 1. The van der Waals surface area contributed by atoms with Crippen molar-refractivity contribution in [1.82, 2.24) is 0 Å². The normalized spacial score (nSPS) is 11.8. The molecule has 0 aliphatic rings. The number of rotatable bonds is 19. The Morgan fingerprint density at radius 3 is 1.77 bits per heavy atom. The number of para-hydroxylation sites is 2. The van der Waals surface area contributed by atoms with Gasteiger partial charge in [0.2, 0.25) is 0 Å². The molecular formula is C36H48O4. The van der Waals surface area contributed by atoms with Gasteiger partial charge in [0.05, 0.1) is 18.3 Å². The molecule has 4 nitrogen and oxygen atoms in total. The Morgan fingerprint density at radius 2 is 1.18 bits per heavy atom. The largest absolute Gasteiger partial charge is 0.490 e. The number of esters is 1. The maximum atomic E-state index is 12.9. The summed E-state index contributed by atoms with van der Waals surface area (Å²) in [6.07, 6.45) is 13.9. The molecule has 0 aliphatic heterocycles. The molecule has 0 saturated heterocycles. The van der Waals surface area contributed by atoms with Crippen LogP contribution in [0.1, 0.15) is 113 Å². The molecule has 0 heterocycles. The Bertz CT molecular complexity index is 1100. The van der Waals surface area contributed by atoms with Crippen molar-refractivity contribution in [2.24, 2.45) is 0 Å². The minimum absolute atomic E-state index is 0.0768. The van der Waals surface area contributed by atoms with Crippen LogP contribution in [-0.2, 0) is 4.74 Å². The summed E-state index contributed by atoms with van der Waals surface area (Å²) < 4.78 is 17.5. The Morgan fingerprint density at radius 1 is 0.625 bits per heavy atom. The van der Waals surface area contributed by atoms with E-state index in [-0.39, 0.29) is 6.10 Å². The minimum atomic E-state index is -0.390. The standard InChI is InChI=1S/C36H48O4/c1-4-6-7-8-9-10-11-12-13-16-28-39-34-17-14-15-18-35(34)40-36(37)33-25-23-32(24-26-33)31-21-19-30(20-22-31)29(3)38-27-5-2/h14-15,17-26,29H,4-13,16,27-28H2,1-3H3. The van der Waals surface area contributed by atoms with Crippen molar-refractivity contribution in [2.75, 3.05) is 13.2 Å². The van der Waals surface area contributed by atoms with Crippen molar-refractivity contribution >= 4 is 5.97 Å². The number of hydrogen-bond donors (Lipinski definition) is 0. The Hall–Kier alpha value is -3.11. The molecule has 40 heavy (non-hydrogen) atoms. The highest BCUT2D eigenvalue weighted by atomic mass is 16.6. The molecule has 3 rings (SSSR count). The quantitative estimate of drug-likeness (QED) is 0.0855. The maximum Gasteiger partial charge on any atom is 0.343 e. The Kier molecular flexibility index (Phi) is 14.4. The second-order valence-corrected chi connectivity index (χ2v) is 10.6. The van der Waals surface area contributed by atoms with Crippen molar-refractivity contribution in [3.63, 3.8) is 0 Å². The Labute approximate surface area is 242 Å². The summed E-state index contributed by atoms with van der Waals surface area (Å²) in [5.74, 6) is 0.679. The molecule has 0 bridgehead atoms. The number of unbranched alkanes of at least 4 members (excludes halogenated alkanes) is 9.